The number of nitrogens with zero attached hydrogens (tertiary/aromatic N) is 3. The van der Waals surface area contributed by atoms with E-state index in [1.165, 1.54) is 12.1 Å². The predicted molar refractivity (Wildman–Crippen MR) is 84.5 cm³/mol. The van der Waals surface area contributed by atoms with E-state index >= 15 is 0 Å². The van der Waals surface area contributed by atoms with Crippen molar-refractivity contribution in [3.8, 4) is 22.8 Å². The first-order valence-electron chi connectivity index (χ1n) is 6.08. The SMILES string of the molecule is O=[N+]([O-])c1ccc(-c2noc(-c3cc(Br)ccc3Cl)n2)cc1. The topological polar surface area (TPSA) is 82.1 Å². The van der Waals surface area contributed by atoms with Crippen LogP contribution < -0.4 is 0 Å². The van der Waals surface area contributed by atoms with Gasteiger partial charge in [0.25, 0.3) is 11.6 Å². The van der Waals surface area contributed by atoms with Gasteiger partial charge in [-0.2, -0.15) is 4.98 Å². The Morgan fingerprint density at radius 2 is 1.91 bits per heavy atom. The molecule has 8 heteroatoms. The molecule has 0 atom stereocenters. The first-order valence-corrected chi connectivity index (χ1v) is 7.25. The number of non-ortho nitro benzene ring substituents is 1. The zero-order valence-corrected chi connectivity index (χ0v) is 13.2. The Hall–Kier alpha value is -2.25. The van der Waals surface area contributed by atoms with Crippen LogP contribution in [0.15, 0.2) is 51.5 Å². The van der Waals surface area contributed by atoms with Crippen LogP contribution in [-0.2, 0) is 0 Å². The van der Waals surface area contributed by atoms with E-state index in [2.05, 4.69) is 26.1 Å². The van der Waals surface area contributed by atoms with Gasteiger partial charge in [-0.1, -0.05) is 32.7 Å². The Morgan fingerprint density at radius 3 is 2.59 bits per heavy atom. The average Bonchev–Trinajstić information content (AvgIpc) is 2.99. The molecule has 0 N–H and O–H groups in total. The molecule has 22 heavy (non-hydrogen) atoms. The second-order valence-corrected chi connectivity index (χ2v) is 5.67. The molecule has 0 fully saturated rings. The predicted octanol–water partition coefficient (Wildman–Crippen LogP) is 4.73. The molecule has 0 aliphatic carbocycles. The summed E-state index contributed by atoms with van der Waals surface area (Å²) in [4.78, 5) is 14.5. The third-order valence-electron chi connectivity index (χ3n) is 2.92. The van der Waals surface area contributed by atoms with Crippen molar-refractivity contribution in [1.82, 2.24) is 10.1 Å². The summed E-state index contributed by atoms with van der Waals surface area (Å²) in [6, 6.07) is 11.2. The van der Waals surface area contributed by atoms with Gasteiger partial charge in [-0.3, -0.25) is 10.1 Å². The van der Waals surface area contributed by atoms with E-state index in [1.54, 1.807) is 30.3 Å². The molecule has 0 radical (unpaired) electrons. The number of halogens is 2. The van der Waals surface area contributed by atoms with E-state index in [-0.39, 0.29) is 11.6 Å². The quantitative estimate of drug-likeness (QED) is 0.484. The summed E-state index contributed by atoms with van der Waals surface area (Å²) in [6.45, 7) is 0. The van der Waals surface area contributed by atoms with Crippen molar-refractivity contribution in [1.29, 1.82) is 0 Å². The highest BCUT2D eigenvalue weighted by Crippen LogP contribution is 2.31. The molecule has 1 heterocycles. The number of benzene rings is 2. The number of nitro groups is 1. The molecule has 0 aliphatic rings. The van der Waals surface area contributed by atoms with Crippen molar-refractivity contribution < 1.29 is 9.45 Å². The first-order chi connectivity index (χ1) is 10.5. The van der Waals surface area contributed by atoms with Crippen LogP contribution >= 0.6 is 27.5 Å². The van der Waals surface area contributed by atoms with E-state index in [9.17, 15) is 10.1 Å². The van der Waals surface area contributed by atoms with Crippen molar-refractivity contribution in [2.75, 3.05) is 0 Å². The molecule has 3 aromatic rings. The molecule has 0 bridgehead atoms. The lowest BCUT2D eigenvalue weighted by molar-refractivity contribution is -0.384. The maximum absolute atomic E-state index is 10.6. The fourth-order valence-corrected chi connectivity index (χ4v) is 2.40. The molecule has 2 aromatic carbocycles. The van der Waals surface area contributed by atoms with Gasteiger partial charge in [-0.05, 0) is 30.3 Å². The van der Waals surface area contributed by atoms with E-state index < -0.39 is 4.92 Å². The summed E-state index contributed by atoms with van der Waals surface area (Å²) in [5, 5.41) is 15.0. The molecule has 0 saturated carbocycles. The van der Waals surface area contributed by atoms with E-state index in [0.29, 0.717) is 22.0 Å². The maximum atomic E-state index is 10.6. The van der Waals surface area contributed by atoms with Crippen LogP contribution in [0, 0.1) is 10.1 Å². The molecule has 3 rings (SSSR count). The molecule has 1 aromatic heterocycles. The summed E-state index contributed by atoms with van der Waals surface area (Å²) < 4.78 is 6.05. The van der Waals surface area contributed by atoms with Gasteiger partial charge in [0.2, 0.25) is 5.82 Å². The van der Waals surface area contributed by atoms with Gasteiger partial charge in [-0.15, -0.1) is 0 Å². The monoisotopic (exact) mass is 379 g/mol. The second-order valence-electron chi connectivity index (χ2n) is 4.35. The highest BCUT2D eigenvalue weighted by molar-refractivity contribution is 9.10. The smallest absolute Gasteiger partial charge is 0.269 e. The molecular formula is C14H7BrClN3O3. The first kappa shape index (κ1) is 14.7. The van der Waals surface area contributed by atoms with Crippen LogP contribution in [0.3, 0.4) is 0 Å². The van der Waals surface area contributed by atoms with E-state index in [1.807, 2.05) is 0 Å². The maximum Gasteiger partial charge on any atom is 0.269 e. The molecule has 0 amide bonds. The highest BCUT2D eigenvalue weighted by Gasteiger charge is 2.14. The molecule has 110 valence electrons. The largest absolute Gasteiger partial charge is 0.334 e. The third kappa shape index (κ3) is 2.86. The Morgan fingerprint density at radius 1 is 1.18 bits per heavy atom. The number of hydrogen-bond acceptors (Lipinski definition) is 5. The number of aromatic nitrogens is 2. The van der Waals surface area contributed by atoms with Gasteiger partial charge < -0.3 is 4.52 Å². The summed E-state index contributed by atoms with van der Waals surface area (Å²) in [5.41, 5.74) is 1.23. The van der Waals surface area contributed by atoms with Crippen molar-refractivity contribution in [3.63, 3.8) is 0 Å². The molecule has 0 unspecified atom stereocenters. The van der Waals surface area contributed by atoms with Gasteiger partial charge >= 0.3 is 0 Å². The van der Waals surface area contributed by atoms with Crippen LogP contribution in [0.25, 0.3) is 22.8 Å². The molecule has 0 aliphatic heterocycles. The number of nitro benzene ring substituents is 1. The Balaban J connectivity index is 1.96. The summed E-state index contributed by atoms with van der Waals surface area (Å²) in [6.07, 6.45) is 0. The lowest BCUT2D eigenvalue weighted by atomic mass is 10.2. The van der Waals surface area contributed by atoms with Crippen LogP contribution in [0.4, 0.5) is 5.69 Å². The van der Waals surface area contributed by atoms with Crippen LogP contribution in [-0.4, -0.2) is 15.1 Å². The van der Waals surface area contributed by atoms with Crippen molar-refractivity contribution in [3.05, 3.63) is 62.1 Å². The minimum atomic E-state index is -0.466. The zero-order valence-electron chi connectivity index (χ0n) is 10.9. The van der Waals surface area contributed by atoms with Crippen molar-refractivity contribution >= 4 is 33.2 Å². The van der Waals surface area contributed by atoms with Crippen LogP contribution in [0.2, 0.25) is 5.02 Å². The Bertz CT molecular complexity index is 849. The minimum absolute atomic E-state index is 0.00232. The standard InChI is InChI=1S/C14H7BrClN3O3/c15-9-3-6-12(16)11(7-9)14-17-13(18-22-14)8-1-4-10(5-2-8)19(20)21/h1-7H. The Kier molecular flexibility index (Phi) is 3.91. The normalized spacial score (nSPS) is 10.6. The fraction of sp³-hybridized carbons (Fsp3) is 0. The van der Waals surface area contributed by atoms with Crippen LogP contribution in [0.1, 0.15) is 0 Å². The fourth-order valence-electron chi connectivity index (χ4n) is 1.84. The van der Waals surface area contributed by atoms with E-state index in [4.69, 9.17) is 16.1 Å². The highest BCUT2D eigenvalue weighted by atomic mass is 79.9. The summed E-state index contributed by atoms with van der Waals surface area (Å²) in [5.74, 6) is 0.612. The van der Waals surface area contributed by atoms with Gasteiger partial charge in [0.1, 0.15) is 0 Å². The number of hydrogen-bond donors (Lipinski definition) is 0. The Labute approximate surface area is 138 Å². The van der Waals surface area contributed by atoms with Crippen molar-refractivity contribution in [2.24, 2.45) is 0 Å². The number of rotatable bonds is 3. The van der Waals surface area contributed by atoms with Gasteiger partial charge in [0.05, 0.1) is 15.5 Å². The summed E-state index contributed by atoms with van der Waals surface area (Å²) >= 11 is 9.47. The minimum Gasteiger partial charge on any atom is -0.334 e. The van der Waals surface area contributed by atoms with Crippen LogP contribution in [0.5, 0.6) is 0 Å². The molecular weight excluding hydrogens is 374 g/mol. The molecule has 0 spiro atoms. The summed E-state index contributed by atoms with van der Waals surface area (Å²) in [7, 11) is 0. The van der Waals surface area contributed by atoms with E-state index in [0.717, 1.165) is 4.47 Å². The zero-order chi connectivity index (χ0) is 15.7. The lowest BCUT2D eigenvalue weighted by Crippen LogP contribution is -1.88. The van der Waals surface area contributed by atoms with Gasteiger partial charge in [-0.25, -0.2) is 0 Å². The van der Waals surface area contributed by atoms with Gasteiger partial charge in [0.15, 0.2) is 0 Å². The lowest BCUT2D eigenvalue weighted by Gasteiger charge is -1.98. The van der Waals surface area contributed by atoms with Gasteiger partial charge in [0, 0.05) is 22.2 Å². The third-order valence-corrected chi connectivity index (χ3v) is 3.74. The van der Waals surface area contributed by atoms with Crippen molar-refractivity contribution in [2.45, 2.75) is 0 Å². The molecule has 0 saturated heterocycles. The average molecular weight is 381 g/mol. The molecule has 6 nitrogen and oxygen atoms in total. The second kappa shape index (κ2) is 5.86.